The number of benzene rings is 1. The molecule has 1 N–H and O–H groups in total. The van der Waals surface area contributed by atoms with Crippen molar-refractivity contribution in [3.63, 3.8) is 0 Å². The normalized spacial score (nSPS) is 12.0. The zero-order chi connectivity index (χ0) is 17.8. The Kier molecular flexibility index (Phi) is 5.73. The fraction of sp³-hybridized carbons (Fsp3) is 0.462. The summed E-state index contributed by atoms with van der Waals surface area (Å²) >= 11 is 0. The summed E-state index contributed by atoms with van der Waals surface area (Å²) in [4.78, 5) is 10.7. The molecule has 0 aliphatic heterocycles. The van der Waals surface area contributed by atoms with Crippen LogP contribution in [0.15, 0.2) is 12.1 Å². The Balaban J connectivity index is 3.02. The molecule has 0 atom stereocenters. The first-order valence-corrected chi connectivity index (χ1v) is 6.17. The van der Waals surface area contributed by atoms with Crippen LogP contribution in [0, 0.1) is 0 Å². The van der Waals surface area contributed by atoms with E-state index in [0.29, 0.717) is 6.07 Å². The van der Waals surface area contributed by atoms with Crippen LogP contribution < -0.4 is 14.8 Å². The summed E-state index contributed by atoms with van der Waals surface area (Å²) in [6.07, 6.45) is -10.3. The summed E-state index contributed by atoms with van der Waals surface area (Å²) in [5.41, 5.74) is -1.39. The molecule has 1 aromatic carbocycles. The lowest BCUT2D eigenvalue weighted by atomic mass is 10.0. The molecule has 0 spiro atoms. The SMILES string of the molecule is COc1cc(CCNC(=O)C(F)(F)F)c(C(F)(F)F)cc1OC. The Morgan fingerprint density at radius 1 is 1.04 bits per heavy atom. The third kappa shape index (κ3) is 4.93. The van der Waals surface area contributed by atoms with E-state index >= 15 is 0 Å². The average Bonchev–Trinajstić information content (AvgIpc) is 2.44. The van der Waals surface area contributed by atoms with Crippen LogP contribution in [0.25, 0.3) is 0 Å². The first-order chi connectivity index (χ1) is 10.5. The van der Waals surface area contributed by atoms with E-state index in [2.05, 4.69) is 0 Å². The van der Waals surface area contributed by atoms with E-state index in [1.807, 2.05) is 0 Å². The van der Waals surface area contributed by atoms with Gasteiger partial charge in [-0.15, -0.1) is 0 Å². The molecule has 0 aliphatic carbocycles. The minimum absolute atomic E-state index is 0.00218. The zero-order valence-electron chi connectivity index (χ0n) is 12.1. The summed E-state index contributed by atoms with van der Waals surface area (Å²) in [5, 5.41) is 1.51. The van der Waals surface area contributed by atoms with Gasteiger partial charge >= 0.3 is 18.3 Å². The van der Waals surface area contributed by atoms with Crippen molar-refractivity contribution in [2.45, 2.75) is 18.8 Å². The van der Waals surface area contributed by atoms with E-state index in [0.717, 1.165) is 13.2 Å². The van der Waals surface area contributed by atoms with E-state index in [1.165, 1.54) is 12.4 Å². The Hall–Kier alpha value is -2.13. The molecule has 0 fully saturated rings. The second kappa shape index (κ2) is 6.97. The van der Waals surface area contributed by atoms with Crippen LogP contribution in [-0.4, -0.2) is 32.8 Å². The predicted octanol–water partition coefficient (Wildman–Crippen LogP) is 2.94. The van der Waals surface area contributed by atoms with Crippen LogP contribution in [-0.2, 0) is 17.4 Å². The third-order valence-corrected chi connectivity index (χ3v) is 2.85. The number of halogens is 6. The maximum Gasteiger partial charge on any atom is 0.471 e. The molecule has 1 aromatic rings. The van der Waals surface area contributed by atoms with E-state index in [-0.39, 0.29) is 17.1 Å². The van der Waals surface area contributed by atoms with Crippen LogP contribution >= 0.6 is 0 Å². The number of alkyl halides is 6. The van der Waals surface area contributed by atoms with Gasteiger partial charge in [-0.05, 0) is 24.1 Å². The average molecular weight is 345 g/mol. The van der Waals surface area contributed by atoms with Crippen molar-refractivity contribution in [1.82, 2.24) is 5.32 Å². The number of ether oxygens (including phenoxy) is 2. The third-order valence-electron chi connectivity index (χ3n) is 2.85. The smallest absolute Gasteiger partial charge is 0.471 e. The van der Waals surface area contributed by atoms with Crippen LogP contribution in [0.5, 0.6) is 11.5 Å². The number of amides is 1. The van der Waals surface area contributed by atoms with Crippen LogP contribution in [0.3, 0.4) is 0 Å². The van der Waals surface area contributed by atoms with Gasteiger partial charge in [-0.25, -0.2) is 0 Å². The summed E-state index contributed by atoms with van der Waals surface area (Å²) < 4.78 is 84.8. The number of rotatable bonds is 5. The molecule has 23 heavy (non-hydrogen) atoms. The fourth-order valence-electron chi connectivity index (χ4n) is 1.80. The summed E-state index contributed by atoms with van der Waals surface area (Å²) in [6, 6.07) is 1.71. The molecule has 0 unspecified atom stereocenters. The minimum Gasteiger partial charge on any atom is -0.493 e. The van der Waals surface area contributed by atoms with Gasteiger partial charge in [-0.2, -0.15) is 26.3 Å². The van der Waals surface area contributed by atoms with Gasteiger partial charge in [0, 0.05) is 6.54 Å². The topological polar surface area (TPSA) is 47.6 Å². The molecule has 0 saturated carbocycles. The predicted molar refractivity (Wildman–Crippen MR) is 67.3 cm³/mol. The fourth-order valence-corrected chi connectivity index (χ4v) is 1.80. The van der Waals surface area contributed by atoms with Crippen molar-refractivity contribution in [2.75, 3.05) is 20.8 Å². The molecule has 0 aliphatic rings. The second-order valence-corrected chi connectivity index (χ2v) is 4.37. The van der Waals surface area contributed by atoms with Crippen molar-refractivity contribution in [1.29, 1.82) is 0 Å². The van der Waals surface area contributed by atoms with Gasteiger partial charge in [-0.3, -0.25) is 4.79 Å². The lowest BCUT2D eigenvalue weighted by Crippen LogP contribution is -2.37. The summed E-state index contributed by atoms with van der Waals surface area (Å²) in [5.74, 6) is -2.38. The van der Waals surface area contributed by atoms with Gasteiger partial charge in [0.25, 0.3) is 0 Å². The largest absolute Gasteiger partial charge is 0.493 e. The zero-order valence-corrected chi connectivity index (χ0v) is 12.1. The highest BCUT2D eigenvalue weighted by Gasteiger charge is 2.38. The van der Waals surface area contributed by atoms with Crippen molar-refractivity contribution in [2.24, 2.45) is 0 Å². The van der Waals surface area contributed by atoms with E-state index in [9.17, 15) is 31.1 Å². The number of hydrogen-bond donors (Lipinski definition) is 1. The molecule has 130 valence electrons. The van der Waals surface area contributed by atoms with Gasteiger partial charge in [-0.1, -0.05) is 0 Å². The number of nitrogens with one attached hydrogen (secondary N) is 1. The van der Waals surface area contributed by atoms with Crippen molar-refractivity contribution < 1.29 is 40.6 Å². The molecular weight excluding hydrogens is 332 g/mol. The highest BCUT2D eigenvalue weighted by Crippen LogP contribution is 2.39. The van der Waals surface area contributed by atoms with Gasteiger partial charge in [0.2, 0.25) is 0 Å². The monoisotopic (exact) mass is 345 g/mol. The van der Waals surface area contributed by atoms with E-state index in [1.54, 1.807) is 0 Å². The number of carbonyl (C=O) groups is 1. The van der Waals surface area contributed by atoms with Crippen molar-refractivity contribution >= 4 is 5.91 Å². The number of carbonyl (C=O) groups excluding carboxylic acids is 1. The Morgan fingerprint density at radius 2 is 1.57 bits per heavy atom. The molecular formula is C13H13F6NO3. The Morgan fingerprint density at radius 3 is 2.00 bits per heavy atom. The Bertz CT molecular complexity index is 568. The summed E-state index contributed by atoms with van der Waals surface area (Å²) in [6.45, 7) is -0.614. The first kappa shape index (κ1) is 18.9. The second-order valence-electron chi connectivity index (χ2n) is 4.37. The van der Waals surface area contributed by atoms with Crippen LogP contribution in [0.2, 0.25) is 0 Å². The molecule has 0 saturated heterocycles. The molecule has 10 heteroatoms. The quantitative estimate of drug-likeness (QED) is 0.835. The standard InChI is InChI=1S/C13H13F6NO3/c1-22-9-5-7(3-4-20-11(21)13(17,18)19)8(12(14,15)16)6-10(9)23-2/h5-6H,3-4H2,1-2H3,(H,20,21). The van der Waals surface area contributed by atoms with Gasteiger partial charge in [0.1, 0.15) is 0 Å². The molecule has 1 rings (SSSR count). The number of hydrogen-bond acceptors (Lipinski definition) is 3. The number of methoxy groups -OCH3 is 2. The van der Waals surface area contributed by atoms with Gasteiger partial charge < -0.3 is 14.8 Å². The maximum absolute atomic E-state index is 13.0. The van der Waals surface area contributed by atoms with Crippen LogP contribution in [0.4, 0.5) is 26.3 Å². The molecule has 0 aromatic heterocycles. The molecule has 0 radical (unpaired) electrons. The van der Waals surface area contributed by atoms with Crippen molar-refractivity contribution in [3.05, 3.63) is 23.3 Å². The lowest BCUT2D eigenvalue weighted by Gasteiger charge is -2.17. The highest BCUT2D eigenvalue weighted by molar-refractivity contribution is 5.81. The molecule has 0 heterocycles. The van der Waals surface area contributed by atoms with Crippen molar-refractivity contribution in [3.8, 4) is 11.5 Å². The van der Waals surface area contributed by atoms with Gasteiger partial charge in [0.05, 0.1) is 19.8 Å². The van der Waals surface area contributed by atoms with E-state index in [4.69, 9.17) is 9.47 Å². The van der Waals surface area contributed by atoms with Crippen LogP contribution in [0.1, 0.15) is 11.1 Å². The lowest BCUT2D eigenvalue weighted by molar-refractivity contribution is -0.173. The van der Waals surface area contributed by atoms with Gasteiger partial charge in [0.15, 0.2) is 11.5 Å². The maximum atomic E-state index is 13.0. The Labute approximate surface area is 127 Å². The molecule has 1 amide bonds. The van der Waals surface area contributed by atoms with E-state index < -0.39 is 36.8 Å². The summed E-state index contributed by atoms with van der Waals surface area (Å²) in [7, 11) is 2.36. The molecule has 4 nitrogen and oxygen atoms in total. The minimum atomic E-state index is -5.09. The first-order valence-electron chi connectivity index (χ1n) is 6.17. The molecule has 0 bridgehead atoms. The highest BCUT2D eigenvalue weighted by atomic mass is 19.4.